The number of hydrogen-bond acceptors (Lipinski definition) is 4. The van der Waals surface area contributed by atoms with Gasteiger partial charge in [-0.15, -0.1) is 11.3 Å². The predicted octanol–water partition coefficient (Wildman–Crippen LogP) is 3.78. The zero-order valence-electron chi connectivity index (χ0n) is 10.1. The smallest absolute Gasteiger partial charge is 0.113 e. The molecule has 0 spiro atoms. The summed E-state index contributed by atoms with van der Waals surface area (Å²) in [6, 6.07) is 17.8. The fraction of sp³-hybridized carbons (Fsp3) is 0.0667. The van der Waals surface area contributed by atoms with Crippen molar-refractivity contribution in [1.29, 1.82) is 5.26 Å². The maximum absolute atomic E-state index is 9.03. The maximum Gasteiger partial charge on any atom is 0.113 e. The molecule has 0 aliphatic heterocycles. The highest BCUT2D eigenvalue weighted by Gasteiger charge is 2.04. The second-order valence-electron chi connectivity index (χ2n) is 4.09. The van der Waals surface area contributed by atoms with Gasteiger partial charge in [0, 0.05) is 0 Å². The summed E-state index contributed by atoms with van der Waals surface area (Å²) in [4.78, 5) is 4.56. The van der Waals surface area contributed by atoms with E-state index in [0.29, 0.717) is 12.1 Å². The molecule has 0 bridgehead atoms. The maximum atomic E-state index is 9.03. The van der Waals surface area contributed by atoms with Crippen LogP contribution in [0.2, 0.25) is 0 Å². The molecule has 1 N–H and O–H groups in total. The fourth-order valence-electron chi connectivity index (χ4n) is 1.90. The number of rotatable bonds is 3. The number of aromatic nitrogens is 1. The lowest BCUT2D eigenvalue weighted by molar-refractivity contribution is 1.12. The van der Waals surface area contributed by atoms with E-state index in [1.807, 2.05) is 36.4 Å². The van der Waals surface area contributed by atoms with E-state index < -0.39 is 0 Å². The molecule has 4 heteroatoms. The minimum atomic E-state index is 0.637. The highest BCUT2D eigenvalue weighted by molar-refractivity contribution is 7.18. The molecule has 1 aromatic heterocycles. The molecule has 0 fully saturated rings. The van der Waals surface area contributed by atoms with Crippen LogP contribution in [0.3, 0.4) is 0 Å². The minimum absolute atomic E-state index is 0.637. The second kappa shape index (κ2) is 5.09. The van der Waals surface area contributed by atoms with Crippen LogP contribution < -0.4 is 5.32 Å². The van der Waals surface area contributed by atoms with Gasteiger partial charge in [0.05, 0.1) is 28.0 Å². The molecule has 0 unspecified atom stereocenters. The van der Waals surface area contributed by atoms with Gasteiger partial charge in [0.15, 0.2) is 0 Å². The van der Waals surface area contributed by atoms with Crippen molar-refractivity contribution in [2.75, 3.05) is 5.32 Å². The van der Waals surface area contributed by atoms with Gasteiger partial charge in [-0.3, -0.25) is 0 Å². The SMILES string of the molecule is N#Cc1ccccc1NCc1nc2ccccc2s1. The van der Waals surface area contributed by atoms with Crippen LogP contribution in [-0.4, -0.2) is 4.98 Å². The molecule has 0 aliphatic carbocycles. The van der Waals surface area contributed by atoms with Crippen LogP contribution in [0.25, 0.3) is 10.2 Å². The van der Waals surface area contributed by atoms with Crippen molar-refractivity contribution in [3.8, 4) is 6.07 Å². The Kier molecular flexibility index (Phi) is 3.13. The van der Waals surface area contributed by atoms with E-state index in [4.69, 9.17) is 5.26 Å². The third-order valence-corrected chi connectivity index (χ3v) is 3.85. The Bertz CT molecular complexity index is 722. The van der Waals surface area contributed by atoms with Crippen molar-refractivity contribution in [2.24, 2.45) is 0 Å². The number of para-hydroxylation sites is 2. The number of nitriles is 1. The molecule has 3 aromatic rings. The van der Waals surface area contributed by atoms with Crippen LogP contribution in [0.15, 0.2) is 48.5 Å². The van der Waals surface area contributed by atoms with Gasteiger partial charge in [-0.1, -0.05) is 24.3 Å². The summed E-state index contributed by atoms with van der Waals surface area (Å²) in [6.45, 7) is 0.637. The molecule has 0 amide bonds. The monoisotopic (exact) mass is 265 g/mol. The van der Waals surface area contributed by atoms with Crippen molar-refractivity contribution in [1.82, 2.24) is 4.98 Å². The van der Waals surface area contributed by atoms with Crippen molar-refractivity contribution < 1.29 is 0 Å². The Hall–Kier alpha value is -2.38. The van der Waals surface area contributed by atoms with E-state index in [9.17, 15) is 0 Å². The number of benzene rings is 2. The number of thiazole rings is 1. The van der Waals surface area contributed by atoms with E-state index >= 15 is 0 Å². The molecule has 3 rings (SSSR count). The molecule has 2 aromatic carbocycles. The van der Waals surface area contributed by atoms with E-state index in [-0.39, 0.29) is 0 Å². The Labute approximate surface area is 115 Å². The van der Waals surface area contributed by atoms with Crippen LogP contribution in [-0.2, 0) is 6.54 Å². The lowest BCUT2D eigenvalue weighted by Gasteiger charge is -2.05. The lowest BCUT2D eigenvalue weighted by Crippen LogP contribution is -2.00. The molecule has 1 heterocycles. The zero-order valence-corrected chi connectivity index (χ0v) is 10.9. The molecule has 92 valence electrons. The Morgan fingerprint density at radius 3 is 2.74 bits per heavy atom. The highest BCUT2D eigenvalue weighted by Crippen LogP contribution is 2.23. The number of nitrogens with zero attached hydrogens (tertiary/aromatic N) is 2. The molecule has 19 heavy (non-hydrogen) atoms. The third kappa shape index (κ3) is 2.42. The van der Waals surface area contributed by atoms with Crippen LogP contribution in [0.1, 0.15) is 10.6 Å². The highest BCUT2D eigenvalue weighted by atomic mass is 32.1. The van der Waals surface area contributed by atoms with Crippen LogP contribution in [0.5, 0.6) is 0 Å². The van der Waals surface area contributed by atoms with Gasteiger partial charge >= 0.3 is 0 Å². The summed E-state index contributed by atoms with van der Waals surface area (Å²) >= 11 is 1.67. The van der Waals surface area contributed by atoms with E-state index in [1.165, 1.54) is 4.70 Å². The molecular weight excluding hydrogens is 254 g/mol. The predicted molar refractivity (Wildman–Crippen MR) is 78.1 cm³/mol. The normalized spacial score (nSPS) is 10.3. The van der Waals surface area contributed by atoms with Crippen molar-refractivity contribution in [3.63, 3.8) is 0 Å². The average Bonchev–Trinajstić information content (AvgIpc) is 2.88. The third-order valence-electron chi connectivity index (χ3n) is 2.82. The summed E-state index contributed by atoms with van der Waals surface area (Å²) in [5.74, 6) is 0. The van der Waals surface area contributed by atoms with E-state index in [1.54, 1.807) is 17.4 Å². The Morgan fingerprint density at radius 2 is 1.89 bits per heavy atom. The zero-order chi connectivity index (χ0) is 13.1. The molecule has 0 aliphatic rings. The number of anilines is 1. The fourth-order valence-corrected chi connectivity index (χ4v) is 2.81. The summed E-state index contributed by atoms with van der Waals surface area (Å²) < 4.78 is 1.19. The first-order valence-electron chi connectivity index (χ1n) is 5.94. The molecule has 0 radical (unpaired) electrons. The largest absolute Gasteiger partial charge is 0.377 e. The summed E-state index contributed by atoms with van der Waals surface area (Å²) in [5, 5.41) is 13.3. The average molecular weight is 265 g/mol. The molecular formula is C15H11N3S. The number of fused-ring (bicyclic) bond motifs is 1. The topological polar surface area (TPSA) is 48.7 Å². The first kappa shape index (κ1) is 11.7. The van der Waals surface area contributed by atoms with E-state index in [2.05, 4.69) is 22.4 Å². The first-order valence-corrected chi connectivity index (χ1v) is 6.76. The van der Waals surface area contributed by atoms with Gasteiger partial charge in [-0.05, 0) is 24.3 Å². The molecule has 0 saturated heterocycles. The second-order valence-corrected chi connectivity index (χ2v) is 5.20. The quantitative estimate of drug-likeness (QED) is 0.784. The van der Waals surface area contributed by atoms with Crippen LogP contribution in [0.4, 0.5) is 5.69 Å². The summed E-state index contributed by atoms with van der Waals surface area (Å²) in [5.41, 5.74) is 2.53. The minimum Gasteiger partial charge on any atom is -0.377 e. The molecule has 0 saturated carbocycles. The summed E-state index contributed by atoms with van der Waals surface area (Å²) in [6.07, 6.45) is 0. The number of nitrogens with one attached hydrogen (secondary N) is 1. The Balaban J connectivity index is 1.81. The summed E-state index contributed by atoms with van der Waals surface area (Å²) in [7, 11) is 0. The number of hydrogen-bond donors (Lipinski definition) is 1. The van der Waals surface area contributed by atoms with E-state index in [0.717, 1.165) is 16.2 Å². The van der Waals surface area contributed by atoms with Gasteiger partial charge in [0.1, 0.15) is 11.1 Å². The molecule has 3 nitrogen and oxygen atoms in total. The van der Waals surface area contributed by atoms with Gasteiger partial charge < -0.3 is 5.32 Å². The van der Waals surface area contributed by atoms with Gasteiger partial charge in [-0.25, -0.2) is 4.98 Å². The molecule has 0 atom stereocenters. The first-order chi connectivity index (χ1) is 9.36. The van der Waals surface area contributed by atoms with Crippen molar-refractivity contribution >= 4 is 27.2 Å². The van der Waals surface area contributed by atoms with Crippen LogP contribution >= 0.6 is 11.3 Å². The van der Waals surface area contributed by atoms with Crippen molar-refractivity contribution in [3.05, 3.63) is 59.1 Å². The van der Waals surface area contributed by atoms with Gasteiger partial charge in [0.25, 0.3) is 0 Å². The van der Waals surface area contributed by atoms with Gasteiger partial charge in [0.2, 0.25) is 0 Å². The van der Waals surface area contributed by atoms with Gasteiger partial charge in [-0.2, -0.15) is 5.26 Å². The van der Waals surface area contributed by atoms with Crippen LogP contribution in [0, 0.1) is 11.3 Å². The Morgan fingerprint density at radius 1 is 1.11 bits per heavy atom. The van der Waals surface area contributed by atoms with Crippen molar-refractivity contribution in [2.45, 2.75) is 6.54 Å². The standard InChI is InChI=1S/C15H11N3S/c16-9-11-5-1-2-6-12(11)17-10-15-18-13-7-3-4-8-14(13)19-15/h1-8,17H,10H2. The lowest BCUT2D eigenvalue weighted by atomic mass is 10.2.